The Balaban J connectivity index is 1.59. The van der Waals surface area contributed by atoms with Gasteiger partial charge in [0.25, 0.3) is 0 Å². The first kappa shape index (κ1) is 15.6. The Labute approximate surface area is 138 Å². The molecule has 1 aromatic carbocycles. The first-order valence-corrected chi connectivity index (χ1v) is 8.33. The summed E-state index contributed by atoms with van der Waals surface area (Å²) in [4.78, 5) is 17.0. The van der Waals surface area contributed by atoms with E-state index in [1.165, 1.54) is 17.4 Å². The van der Waals surface area contributed by atoms with E-state index in [4.69, 9.17) is 0 Å². The number of hydrogen-bond donors (Lipinski definition) is 2. The zero-order valence-corrected chi connectivity index (χ0v) is 13.2. The number of anilines is 1. The number of thioether (sulfide) groups is 1. The molecule has 118 valence electrons. The highest BCUT2D eigenvalue weighted by Gasteiger charge is 2.13. The van der Waals surface area contributed by atoms with Crippen molar-refractivity contribution in [3.05, 3.63) is 47.3 Å². The van der Waals surface area contributed by atoms with Gasteiger partial charge in [0.2, 0.25) is 11.1 Å². The quantitative estimate of drug-likeness (QED) is 0.689. The Morgan fingerprint density at radius 3 is 2.74 bits per heavy atom. The molecule has 0 radical (unpaired) electrons. The lowest BCUT2D eigenvalue weighted by Crippen LogP contribution is -2.16. The lowest BCUT2D eigenvalue weighted by Gasteiger charge is -2.06. The number of carbonyl (C=O) groups is 1. The molecular weight excluding hydrogens is 342 g/mol. The van der Waals surface area contributed by atoms with Gasteiger partial charge in [0.05, 0.1) is 10.6 Å². The highest BCUT2D eigenvalue weighted by molar-refractivity contribution is 7.99. The van der Waals surface area contributed by atoms with E-state index in [0.29, 0.717) is 11.0 Å². The summed E-state index contributed by atoms with van der Waals surface area (Å²) in [5.74, 6) is -1.62. The van der Waals surface area contributed by atoms with Gasteiger partial charge in [-0.1, -0.05) is 23.9 Å². The van der Waals surface area contributed by atoms with Gasteiger partial charge in [-0.25, -0.2) is 13.8 Å². The van der Waals surface area contributed by atoms with E-state index in [1.807, 2.05) is 17.5 Å². The van der Waals surface area contributed by atoms with E-state index < -0.39 is 23.2 Å². The van der Waals surface area contributed by atoms with Crippen LogP contribution in [0.4, 0.5) is 14.5 Å². The summed E-state index contributed by atoms with van der Waals surface area (Å²) in [5, 5.41) is 11.3. The second-order valence-corrected chi connectivity index (χ2v) is 6.27. The molecule has 1 amide bonds. The van der Waals surface area contributed by atoms with Gasteiger partial charge in [0.1, 0.15) is 17.3 Å². The van der Waals surface area contributed by atoms with Crippen molar-refractivity contribution < 1.29 is 13.6 Å². The van der Waals surface area contributed by atoms with Gasteiger partial charge in [0.15, 0.2) is 5.82 Å². The fourth-order valence-electron chi connectivity index (χ4n) is 1.76. The second-order valence-electron chi connectivity index (χ2n) is 4.38. The molecule has 0 bridgehead atoms. The van der Waals surface area contributed by atoms with Gasteiger partial charge >= 0.3 is 0 Å². The molecule has 2 N–H and O–H groups in total. The van der Waals surface area contributed by atoms with Gasteiger partial charge in [-0.15, -0.1) is 16.4 Å². The number of aromatic nitrogens is 3. The topological polar surface area (TPSA) is 70.7 Å². The molecule has 0 aliphatic heterocycles. The number of nitrogens with zero attached hydrogens (tertiary/aromatic N) is 2. The molecule has 0 unspecified atom stereocenters. The zero-order valence-electron chi connectivity index (χ0n) is 11.5. The summed E-state index contributed by atoms with van der Waals surface area (Å²) in [6, 6.07) is 7.18. The van der Waals surface area contributed by atoms with Crippen molar-refractivity contribution in [3.63, 3.8) is 0 Å². The van der Waals surface area contributed by atoms with Crippen LogP contribution in [-0.2, 0) is 4.79 Å². The van der Waals surface area contributed by atoms with Crippen LogP contribution in [-0.4, -0.2) is 26.8 Å². The van der Waals surface area contributed by atoms with Crippen molar-refractivity contribution in [2.24, 2.45) is 0 Å². The van der Waals surface area contributed by atoms with Crippen molar-refractivity contribution in [2.75, 3.05) is 11.1 Å². The third kappa shape index (κ3) is 3.74. The maximum Gasteiger partial charge on any atom is 0.235 e. The summed E-state index contributed by atoms with van der Waals surface area (Å²) in [5.41, 5.74) is -0.452. The summed E-state index contributed by atoms with van der Waals surface area (Å²) in [7, 11) is 0. The number of nitrogens with one attached hydrogen (secondary N) is 2. The van der Waals surface area contributed by atoms with Crippen LogP contribution >= 0.6 is 23.1 Å². The predicted molar refractivity (Wildman–Crippen MR) is 85.4 cm³/mol. The number of halogens is 2. The van der Waals surface area contributed by atoms with Crippen LogP contribution in [0.1, 0.15) is 0 Å². The lowest BCUT2D eigenvalue weighted by molar-refractivity contribution is -0.113. The van der Waals surface area contributed by atoms with Crippen molar-refractivity contribution >= 4 is 34.7 Å². The highest BCUT2D eigenvalue weighted by Crippen LogP contribution is 2.23. The predicted octanol–water partition coefficient (Wildman–Crippen LogP) is 3.54. The molecule has 0 saturated carbocycles. The lowest BCUT2D eigenvalue weighted by atomic mass is 10.3. The average molecular weight is 352 g/mol. The number of amides is 1. The van der Waals surface area contributed by atoms with Crippen molar-refractivity contribution in [1.29, 1.82) is 0 Å². The minimum atomic E-state index is -0.818. The van der Waals surface area contributed by atoms with Crippen molar-refractivity contribution in [1.82, 2.24) is 15.2 Å². The Morgan fingerprint density at radius 1 is 1.26 bits per heavy atom. The highest BCUT2D eigenvalue weighted by atomic mass is 32.2. The number of rotatable bonds is 5. The summed E-state index contributed by atoms with van der Waals surface area (Å²) in [6.07, 6.45) is 0. The molecule has 0 atom stereocenters. The van der Waals surface area contributed by atoms with Crippen LogP contribution in [0.15, 0.2) is 40.9 Å². The molecule has 3 rings (SSSR count). The molecule has 0 fully saturated rings. The van der Waals surface area contributed by atoms with Crippen molar-refractivity contribution in [2.45, 2.75) is 5.16 Å². The van der Waals surface area contributed by atoms with E-state index in [-0.39, 0.29) is 5.75 Å². The van der Waals surface area contributed by atoms with Gasteiger partial charge in [-0.3, -0.25) is 9.89 Å². The standard InChI is InChI=1S/C14H10F2N4OS2/c15-8-3-1-4-9(16)12(8)17-11(21)7-23-14-18-13(19-20-14)10-5-2-6-22-10/h1-6H,7H2,(H,17,21)(H,18,19,20). The normalized spacial score (nSPS) is 10.7. The molecule has 23 heavy (non-hydrogen) atoms. The van der Waals surface area contributed by atoms with Crippen LogP contribution in [0.25, 0.3) is 10.7 Å². The largest absolute Gasteiger partial charge is 0.320 e. The molecular formula is C14H10F2N4OS2. The molecule has 5 nitrogen and oxygen atoms in total. The SMILES string of the molecule is O=C(CSc1n[nH]c(-c2cccs2)n1)Nc1c(F)cccc1F. The maximum atomic E-state index is 13.4. The first-order valence-electron chi connectivity index (χ1n) is 6.46. The fourth-order valence-corrected chi connectivity index (χ4v) is 3.02. The molecule has 0 saturated heterocycles. The Kier molecular flexibility index (Phi) is 4.68. The Bertz CT molecular complexity index is 800. The van der Waals surface area contributed by atoms with Crippen LogP contribution in [0.5, 0.6) is 0 Å². The van der Waals surface area contributed by atoms with Crippen LogP contribution in [0.2, 0.25) is 0 Å². The molecule has 0 spiro atoms. The summed E-state index contributed by atoms with van der Waals surface area (Å²) >= 11 is 2.58. The number of benzene rings is 1. The van der Waals surface area contributed by atoms with Gasteiger partial charge in [-0.05, 0) is 23.6 Å². The summed E-state index contributed by atoms with van der Waals surface area (Å²) in [6.45, 7) is 0. The maximum absolute atomic E-state index is 13.4. The minimum absolute atomic E-state index is 0.0600. The van der Waals surface area contributed by atoms with Gasteiger partial charge in [0, 0.05) is 0 Å². The molecule has 2 heterocycles. The number of thiophene rings is 1. The van der Waals surface area contributed by atoms with E-state index in [2.05, 4.69) is 20.5 Å². The van der Waals surface area contributed by atoms with Gasteiger partial charge < -0.3 is 5.32 Å². The number of H-pyrrole nitrogens is 1. The van der Waals surface area contributed by atoms with Crippen molar-refractivity contribution in [3.8, 4) is 10.7 Å². The number of hydrogen-bond acceptors (Lipinski definition) is 5. The molecule has 0 aliphatic rings. The number of carbonyl (C=O) groups excluding carboxylic acids is 1. The van der Waals surface area contributed by atoms with E-state index in [0.717, 1.165) is 28.8 Å². The van der Waals surface area contributed by atoms with E-state index >= 15 is 0 Å². The zero-order chi connectivity index (χ0) is 16.2. The third-order valence-corrected chi connectivity index (χ3v) is 4.50. The van der Waals surface area contributed by atoms with Crippen LogP contribution < -0.4 is 5.32 Å². The third-order valence-electron chi connectivity index (χ3n) is 2.78. The van der Waals surface area contributed by atoms with E-state index in [1.54, 1.807) is 0 Å². The smallest absolute Gasteiger partial charge is 0.235 e. The molecule has 3 aromatic rings. The number of aromatic amines is 1. The molecule has 2 aromatic heterocycles. The molecule has 0 aliphatic carbocycles. The second kappa shape index (κ2) is 6.88. The molecule has 9 heteroatoms. The number of para-hydroxylation sites is 1. The minimum Gasteiger partial charge on any atom is -0.320 e. The Hall–Kier alpha value is -2.26. The fraction of sp³-hybridized carbons (Fsp3) is 0.0714. The monoisotopic (exact) mass is 352 g/mol. The first-order chi connectivity index (χ1) is 11.1. The Morgan fingerprint density at radius 2 is 2.04 bits per heavy atom. The van der Waals surface area contributed by atoms with Gasteiger partial charge in [-0.2, -0.15) is 0 Å². The van der Waals surface area contributed by atoms with E-state index in [9.17, 15) is 13.6 Å². The average Bonchev–Trinajstić information content (AvgIpc) is 3.19. The van der Waals surface area contributed by atoms with Crippen LogP contribution in [0, 0.1) is 11.6 Å². The van der Waals surface area contributed by atoms with Crippen LogP contribution in [0.3, 0.4) is 0 Å². The summed E-state index contributed by atoms with van der Waals surface area (Å²) < 4.78 is 26.9.